The summed E-state index contributed by atoms with van der Waals surface area (Å²) in [6, 6.07) is 3.27. The summed E-state index contributed by atoms with van der Waals surface area (Å²) in [5, 5.41) is 10.1. The van der Waals surface area contributed by atoms with Crippen molar-refractivity contribution < 1.29 is 17.6 Å². The third-order valence-electron chi connectivity index (χ3n) is 2.58. The van der Waals surface area contributed by atoms with E-state index in [1.54, 1.807) is 0 Å². The lowest BCUT2D eigenvalue weighted by Crippen LogP contribution is -2.33. The van der Waals surface area contributed by atoms with Gasteiger partial charge in [0.05, 0.1) is 5.75 Å². The molecule has 1 aliphatic heterocycles. The molecule has 1 unspecified atom stereocenters. The smallest absolute Gasteiger partial charge is 0.246 e. The minimum absolute atomic E-state index is 0.0493. The van der Waals surface area contributed by atoms with Gasteiger partial charge in [0.1, 0.15) is 11.9 Å². The summed E-state index contributed by atoms with van der Waals surface area (Å²) in [6.45, 7) is 0.0493. The molecule has 0 saturated carbocycles. The standard InChI is InChI=1S/C10H12FN3O3S/c11-6-1-2-7-8(5-6)14-10(15)9(7)13-3-4-18(12,16)17/h1-2,5,9,13H,3-4H2,(H,14,15)(H2,12,16,17). The van der Waals surface area contributed by atoms with E-state index in [0.717, 1.165) is 0 Å². The van der Waals surface area contributed by atoms with E-state index in [1.165, 1.54) is 18.2 Å². The van der Waals surface area contributed by atoms with Crippen molar-refractivity contribution in [3.05, 3.63) is 29.6 Å². The van der Waals surface area contributed by atoms with Crippen LogP contribution >= 0.6 is 0 Å². The van der Waals surface area contributed by atoms with E-state index in [0.29, 0.717) is 11.3 Å². The molecule has 1 aromatic carbocycles. The number of rotatable bonds is 4. The molecule has 1 aliphatic rings. The van der Waals surface area contributed by atoms with Crippen molar-refractivity contribution in [3.8, 4) is 0 Å². The lowest BCUT2D eigenvalue weighted by molar-refractivity contribution is -0.117. The lowest BCUT2D eigenvalue weighted by atomic mass is 10.1. The number of fused-ring (bicyclic) bond motifs is 1. The molecule has 0 saturated heterocycles. The van der Waals surface area contributed by atoms with Gasteiger partial charge in [-0.1, -0.05) is 6.07 Å². The number of primary sulfonamides is 1. The molecule has 6 nitrogen and oxygen atoms in total. The van der Waals surface area contributed by atoms with Gasteiger partial charge >= 0.3 is 0 Å². The molecule has 0 radical (unpaired) electrons. The molecular weight excluding hydrogens is 261 g/mol. The second-order valence-electron chi connectivity index (χ2n) is 3.97. The number of halogens is 1. The zero-order chi connectivity index (χ0) is 13.3. The molecular formula is C10H12FN3O3S. The first kappa shape index (κ1) is 12.9. The van der Waals surface area contributed by atoms with Crippen LogP contribution in [0.25, 0.3) is 0 Å². The van der Waals surface area contributed by atoms with Crippen molar-refractivity contribution in [2.45, 2.75) is 6.04 Å². The van der Waals surface area contributed by atoms with Crippen LogP contribution in [0.15, 0.2) is 18.2 Å². The van der Waals surface area contributed by atoms with E-state index in [4.69, 9.17) is 5.14 Å². The van der Waals surface area contributed by atoms with E-state index in [9.17, 15) is 17.6 Å². The predicted molar refractivity (Wildman–Crippen MR) is 63.7 cm³/mol. The van der Waals surface area contributed by atoms with Crippen LogP contribution in [0.4, 0.5) is 10.1 Å². The van der Waals surface area contributed by atoms with Gasteiger partial charge in [-0.25, -0.2) is 17.9 Å². The second kappa shape index (κ2) is 4.63. The Labute approximate surface area is 103 Å². The average molecular weight is 273 g/mol. The van der Waals surface area contributed by atoms with Gasteiger partial charge in [0, 0.05) is 17.8 Å². The van der Waals surface area contributed by atoms with E-state index >= 15 is 0 Å². The highest BCUT2D eigenvalue weighted by Gasteiger charge is 2.30. The van der Waals surface area contributed by atoms with E-state index < -0.39 is 21.9 Å². The minimum Gasteiger partial charge on any atom is -0.324 e. The second-order valence-corrected chi connectivity index (χ2v) is 5.71. The molecule has 0 bridgehead atoms. The third-order valence-corrected chi connectivity index (χ3v) is 3.35. The quantitative estimate of drug-likeness (QED) is 0.700. The lowest BCUT2D eigenvalue weighted by Gasteiger charge is -2.10. The van der Waals surface area contributed by atoms with Crippen molar-refractivity contribution in [2.75, 3.05) is 17.6 Å². The molecule has 0 aliphatic carbocycles. The number of hydrogen-bond acceptors (Lipinski definition) is 4. The summed E-state index contributed by atoms with van der Waals surface area (Å²) in [5.41, 5.74) is 0.990. The highest BCUT2D eigenvalue weighted by molar-refractivity contribution is 7.89. The SMILES string of the molecule is NS(=O)(=O)CCNC1C(=O)Nc2cc(F)ccc21. The zero-order valence-corrected chi connectivity index (χ0v) is 10.1. The van der Waals surface area contributed by atoms with Crippen molar-refractivity contribution >= 4 is 21.6 Å². The first-order valence-electron chi connectivity index (χ1n) is 5.21. The monoisotopic (exact) mass is 273 g/mol. The third kappa shape index (κ3) is 2.84. The average Bonchev–Trinajstić information content (AvgIpc) is 2.52. The van der Waals surface area contributed by atoms with Crippen molar-refractivity contribution in [1.82, 2.24) is 5.32 Å². The predicted octanol–water partition coefficient (Wildman–Crippen LogP) is -0.303. The Bertz CT molecular complexity index is 588. The summed E-state index contributed by atoms with van der Waals surface area (Å²) >= 11 is 0. The van der Waals surface area contributed by atoms with Crippen LogP contribution in [0.5, 0.6) is 0 Å². The number of nitrogens with one attached hydrogen (secondary N) is 2. The molecule has 18 heavy (non-hydrogen) atoms. The Morgan fingerprint density at radius 3 is 2.83 bits per heavy atom. The molecule has 1 atom stereocenters. The molecule has 98 valence electrons. The number of sulfonamides is 1. The first-order valence-corrected chi connectivity index (χ1v) is 6.92. The maximum Gasteiger partial charge on any atom is 0.246 e. The number of anilines is 1. The summed E-state index contributed by atoms with van der Waals surface area (Å²) < 4.78 is 34.5. The van der Waals surface area contributed by atoms with Crippen LogP contribution in [-0.2, 0) is 14.8 Å². The Morgan fingerprint density at radius 2 is 2.17 bits per heavy atom. The van der Waals surface area contributed by atoms with Crippen LogP contribution < -0.4 is 15.8 Å². The molecule has 0 aromatic heterocycles. The Hall–Kier alpha value is -1.51. The fraction of sp³-hybridized carbons (Fsp3) is 0.300. The fourth-order valence-electron chi connectivity index (χ4n) is 1.78. The topological polar surface area (TPSA) is 101 Å². The summed E-state index contributed by atoms with van der Waals surface area (Å²) in [5.74, 6) is -1.06. The van der Waals surface area contributed by atoms with E-state index in [1.807, 2.05) is 0 Å². The van der Waals surface area contributed by atoms with Gasteiger partial charge in [0.2, 0.25) is 15.9 Å². The van der Waals surface area contributed by atoms with E-state index in [2.05, 4.69) is 10.6 Å². The van der Waals surface area contributed by atoms with Crippen molar-refractivity contribution in [1.29, 1.82) is 0 Å². The van der Waals surface area contributed by atoms with Gasteiger partial charge in [-0.2, -0.15) is 0 Å². The molecule has 4 N–H and O–H groups in total. The summed E-state index contributed by atoms with van der Waals surface area (Å²) in [6.07, 6.45) is 0. The fourth-order valence-corrected chi connectivity index (χ4v) is 2.19. The van der Waals surface area contributed by atoms with Crippen LogP contribution in [0, 0.1) is 5.82 Å². The Kier molecular flexibility index (Phi) is 3.33. The molecule has 1 aromatic rings. The van der Waals surface area contributed by atoms with Crippen LogP contribution in [-0.4, -0.2) is 26.6 Å². The van der Waals surface area contributed by atoms with Crippen LogP contribution in [0.3, 0.4) is 0 Å². The molecule has 8 heteroatoms. The summed E-state index contributed by atoms with van der Waals surface area (Å²) in [7, 11) is -3.57. The molecule has 2 rings (SSSR count). The van der Waals surface area contributed by atoms with Gasteiger partial charge in [0.25, 0.3) is 0 Å². The maximum atomic E-state index is 13.0. The summed E-state index contributed by atoms with van der Waals surface area (Å²) in [4.78, 5) is 11.6. The van der Waals surface area contributed by atoms with Gasteiger partial charge in [-0.15, -0.1) is 0 Å². The van der Waals surface area contributed by atoms with E-state index in [-0.39, 0.29) is 18.2 Å². The van der Waals surface area contributed by atoms with Gasteiger partial charge in [0.15, 0.2) is 0 Å². The van der Waals surface area contributed by atoms with Crippen LogP contribution in [0.1, 0.15) is 11.6 Å². The Morgan fingerprint density at radius 1 is 1.44 bits per heavy atom. The number of carbonyl (C=O) groups is 1. The highest BCUT2D eigenvalue weighted by atomic mass is 32.2. The number of benzene rings is 1. The van der Waals surface area contributed by atoms with Gasteiger partial charge < -0.3 is 10.6 Å². The van der Waals surface area contributed by atoms with Gasteiger partial charge in [-0.3, -0.25) is 4.79 Å². The highest BCUT2D eigenvalue weighted by Crippen LogP contribution is 2.30. The number of nitrogens with two attached hydrogens (primary N) is 1. The zero-order valence-electron chi connectivity index (χ0n) is 9.31. The van der Waals surface area contributed by atoms with Crippen LogP contribution in [0.2, 0.25) is 0 Å². The number of amides is 1. The molecule has 0 spiro atoms. The van der Waals surface area contributed by atoms with Gasteiger partial charge in [-0.05, 0) is 12.1 Å². The maximum absolute atomic E-state index is 13.0. The largest absolute Gasteiger partial charge is 0.324 e. The number of carbonyl (C=O) groups excluding carboxylic acids is 1. The van der Waals surface area contributed by atoms with Crippen molar-refractivity contribution in [2.24, 2.45) is 5.14 Å². The molecule has 0 fully saturated rings. The molecule has 1 amide bonds. The van der Waals surface area contributed by atoms with Crippen molar-refractivity contribution in [3.63, 3.8) is 0 Å². The minimum atomic E-state index is -3.57. The molecule has 1 heterocycles. The number of hydrogen-bond donors (Lipinski definition) is 3. The Balaban J connectivity index is 2.09. The normalized spacial score (nSPS) is 18.6. The first-order chi connectivity index (χ1) is 8.37.